The third-order valence-electron chi connectivity index (χ3n) is 6.30. The van der Waals surface area contributed by atoms with Gasteiger partial charge in [0, 0.05) is 30.0 Å². The Balaban J connectivity index is 1.58. The van der Waals surface area contributed by atoms with E-state index in [1.807, 2.05) is 48.5 Å². The molecule has 1 heterocycles. The van der Waals surface area contributed by atoms with E-state index in [1.54, 1.807) is 19.1 Å². The SMILES string of the molecule is COc1ccc([C@@H]2CC(c3ccccc3Cl)=NN2C(=O)CN(C)C(=O)C2CCCC2)cc1. The van der Waals surface area contributed by atoms with E-state index in [-0.39, 0.29) is 30.3 Å². The Hall–Kier alpha value is -2.86. The lowest BCUT2D eigenvalue weighted by atomic mass is 9.98. The number of hydrogen-bond acceptors (Lipinski definition) is 4. The monoisotopic (exact) mass is 453 g/mol. The Morgan fingerprint density at radius 3 is 2.47 bits per heavy atom. The number of methoxy groups -OCH3 is 1. The summed E-state index contributed by atoms with van der Waals surface area (Å²) in [6, 6.07) is 14.9. The third-order valence-corrected chi connectivity index (χ3v) is 6.63. The molecule has 0 radical (unpaired) electrons. The summed E-state index contributed by atoms with van der Waals surface area (Å²) in [5.41, 5.74) is 2.53. The molecule has 2 aliphatic rings. The van der Waals surface area contributed by atoms with Crippen molar-refractivity contribution < 1.29 is 14.3 Å². The van der Waals surface area contributed by atoms with Crippen LogP contribution < -0.4 is 4.74 Å². The first-order valence-corrected chi connectivity index (χ1v) is 11.4. The van der Waals surface area contributed by atoms with Crippen LogP contribution in [0.4, 0.5) is 0 Å². The topological polar surface area (TPSA) is 62.2 Å². The van der Waals surface area contributed by atoms with Gasteiger partial charge in [-0.2, -0.15) is 5.10 Å². The van der Waals surface area contributed by atoms with Crippen molar-refractivity contribution >= 4 is 29.1 Å². The first kappa shape index (κ1) is 22.3. The summed E-state index contributed by atoms with van der Waals surface area (Å²) < 4.78 is 5.27. The smallest absolute Gasteiger partial charge is 0.262 e. The molecule has 7 heteroatoms. The highest BCUT2D eigenvalue weighted by molar-refractivity contribution is 6.34. The van der Waals surface area contributed by atoms with Gasteiger partial charge < -0.3 is 9.64 Å². The van der Waals surface area contributed by atoms with E-state index in [1.165, 1.54) is 5.01 Å². The number of halogens is 1. The predicted molar refractivity (Wildman–Crippen MR) is 125 cm³/mol. The Morgan fingerprint density at radius 2 is 1.81 bits per heavy atom. The molecular weight excluding hydrogens is 426 g/mol. The standard InChI is InChI=1S/C25H28ClN3O3/c1-28(25(31)18-7-3-4-8-18)16-24(30)29-23(17-11-13-19(32-2)14-12-17)15-22(27-29)20-9-5-6-10-21(20)26/h5-6,9-14,18,23H,3-4,7-8,15-16H2,1-2H3/t23-/m0/s1. The third kappa shape index (κ3) is 4.65. The molecule has 0 spiro atoms. The average molecular weight is 454 g/mol. The second kappa shape index (κ2) is 9.74. The number of carbonyl (C=O) groups is 2. The van der Waals surface area contributed by atoms with Crippen molar-refractivity contribution in [3.05, 3.63) is 64.7 Å². The molecule has 4 rings (SSSR count). The van der Waals surface area contributed by atoms with Crippen LogP contribution in [0.2, 0.25) is 5.02 Å². The lowest BCUT2D eigenvalue weighted by Gasteiger charge is -2.26. The number of rotatable bonds is 6. The second-order valence-electron chi connectivity index (χ2n) is 8.43. The number of ether oxygens (including phenoxy) is 1. The molecule has 0 aromatic heterocycles. The van der Waals surface area contributed by atoms with Crippen molar-refractivity contribution in [2.24, 2.45) is 11.0 Å². The number of amides is 2. The fourth-order valence-electron chi connectivity index (χ4n) is 4.52. The second-order valence-corrected chi connectivity index (χ2v) is 8.84. The van der Waals surface area contributed by atoms with Crippen LogP contribution in [-0.4, -0.2) is 48.1 Å². The fourth-order valence-corrected chi connectivity index (χ4v) is 4.77. The predicted octanol–water partition coefficient (Wildman–Crippen LogP) is 4.67. The molecule has 1 aliphatic heterocycles. The van der Waals surface area contributed by atoms with Crippen LogP contribution in [-0.2, 0) is 9.59 Å². The van der Waals surface area contributed by atoms with Gasteiger partial charge in [0.2, 0.25) is 5.91 Å². The molecule has 6 nitrogen and oxygen atoms in total. The van der Waals surface area contributed by atoms with Crippen LogP contribution in [0.15, 0.2) is 53.6 Å². The van der Waals surface area contributed by atoms with Crippen molar-refractivity contribution in [3.63, 3.8) is 0 Å². The molecule has 1 atom stereocenters. The molecule has 1 aliphatic carbocycles. The maximum absolute atomic E-state index is 13.3. The summed E-state index contributed by atoms with van der Waals surface area (Å²) in [6.45, 7) is 0.00128. The molecule has 32 heavy (non-hydrogen) atoms. The number of hydrazone groups is 1. The number of hydrogen-bond donors (Lipinski definition) is 0. The molecular formula is C25H28ClN3O3. The van der Waals surface area contributed by atoms with Gasteiger partial charge in [-0.25, -0.2) is 5.01 Å². The van der Waals surface area contributed by atoms with Gasteiger partial charge in [-0.05, 0) is 36.6 Å². The Morgan fingerprint density at radius 1 is 1.12 bits per heavy atom. The molecule has 2 amide bonds. The van der Waals surface area contributed by atoms with Crippen LogP contribution in [0.25, 0.3) is 0 Å². The molecule has 0 saturated heterocycles. The minimum atomic E-state index is -0.269. The number of nitrogens with zero attached hydrogens (tertiary/aromatic N) is 3. The minimum Gasteiger partial charge on any atom is -0.497 e. The van der Waals surface area contributed by atoms with Crippen molar-refractivity contribution in [1.29, 1.82) is 0 Å². The highest BCUT2D eigenvalue weighted by Gasteiger charge is 2.35. The lowest BCUT2D eigenvalue weighted by Crippen LogP contribution is -2.41. The number of benzene rings is 2. The first-order valence-electron chi connectivity index (χ1n) is 11.0. The summed E-state index contributed by atoms with van der Waals surface area (Å²) in [5.74, 6) is 0.623. The molecule has 0 bridgehead atoms. The van der Waals surface area contributed by atoms with E-state index in [9.17, 15) is 9.59 Å². The van der Waals surface area contributed by atoms with E-state index in [2.05, 4.69) is 5.10 Å². The zero-order valence-corrected chi connectivity index (χ0v) is 19.2. The van der Waals surface area contributed by atoms with Crippen LogP contribution in [0.3, 0.4) is 0 Å². The zero-order chi connectivity index (χ0) is 22.7. The summed E-state index contributed by atoms with van der Waals surface area (Å²) in [7, 11) is 3.33. The Bertz CT molecular complexity index is 1020. The van der Waals surface area contributed by atoms with Crippen LogP contribution in [0, 0.1) is 5.92 Å². The minimum absolute atomic E-state index is 0.00128. The average Bonchev–Trinajstić information content (AvgIpc) is 3.49. The summed E-state index contributed by atoms with van der Waals surface area (Å²) in [6.07, 6.45) is 4.52. The molecule has 1 saturated carbocycles. The Kier molecular flexibility index (Phi) is 6.80. The summed E-state index contributed by atoms with van der Waals surface area (Å²) in [5, 5.41) is 6.79. The van der Waals surface area contributed by atoms with E-state index in [0.717, 1.165) is 48.3 Å². The van der Waals surface area contributed by atoms with Gasteiger partial charge in [-0.3, -0.25) is 9.59 Å². The summed E-state index contributed by atoms with van der Waals surface area (Å²) in [4.78, 5) is 27.6. The fraction of sp³-hybridized carbons (Fsp3) is 0.400. The number of likely N-dealkylation sites (N-methyl/N-ethyl adjacent to an activating group) is 1. The maximum Gasteiger partial charge on any atom is 0.262 e. The van der Waals surface area contributed by atoms with Gasteiger partial charge in [-0.15, -0.1) is 0 Å². The van der Waals surface area contributed by atoms with Crippen LogP contribution in [0.1, 0.15) is 49.3 Å². The molecule has 2 aromatic carbocycles. The van der Waals surface area contributed by atoms with Crippen molar-refractivity contribution in [2.45, 2.75) is 38.1 Å². The largest absolute Gasteiger partial charge is 0.497 e. The van der Waals surface area contributed by atoms with Crippen molar-refractivity contribution in [3.8, 4) is 5.75 Å². The van der Waals surface area contributed by atoms with Gasteiger partial charge in [0.1, 0.15) is 12.3 Å². The highest BCUT2D eigenvalue weighted by atomic mass is 35.5. The van der Waals surface area contributed by atoms with E-state index in [0.29, 0.717) is 11.4 Å². The molecule has 2 aromatic rings. The van der Waals surface area contributed by atoms with Crippen molar-refractivity contribution in [2.75, 3.05) is 20.7 Å². The highest BCUT2D eigenvalue weighted by Crippen LogP contribution is 2.35. The number of carbonyl (C=O) groups excluding carboxylic acids is 2. The van der Waals surface area contributed by atoms with Gasteiger partial charge >= 0.3 is 0 Å². The molecule has 168 valence electrons. The molecule has 0 unspecified atom stereocenters. The van der Waals surface area contributed by atoms with Crippen LogP contribution in [0.5, 0.6) is 5.75 Å². The summed E-state index contributed by atoms with van der Waals surface area (Å²) >= 11 is 6.41. The first-order chi connectivity index (χ1) is 15.5. The zero-order valence-electron chi connectivity index (χ0n) is 18.5. The van der Waals surface area contributed by atoms with Gasteiger partial charge in [0.25, 0.3) is 5.91 Å². The maximum atomic E-state index is 13.3. The van der Waals surface area contributed by atoms with Gasteiger partial charge in [0.15, 0.2) is 0 Å². The van der Waals surface area contributed by atoms with E-state index < -0.39 is 0 Å². The molecule has 0 N–H and O–H groups in total. The van der Waals surface area contributed by atoms with Gasteiger partial charge in [0.05, 0.1) is 18.9 Å². The quantitative estimate of drug-likeness (QED) is 0.638. The van der Waals surface area contributed by atoms with E-state index in [4.69, 9.17) is 16.3 Å². The van der Waals surface area contributed by atoms with E-state index >= 15 is 0 Å². The van der Waals surface area contributed by atoms with Crippen molar-refractivity contribution in [1.82, 2.24) is 9.91 Å². The Labute approximate surface area is 193 Å². The molecule has 1 fully saturated rings. The van der Waals surface area contributed by atoms with Crippen LogP contribution >= 0.6 is 11.6 Å². The normalized spacial score (nSPS) is 18.5. The van der Waals surface area contributed by atoms with Gasteiger partial charge in [-0.1, -0.05) is 54.8 Å². The lowest BCUT2D eigenvalue weighted by molar-refractivity contribution is -0.142.